The minimum Gasteiger partial charge on any atom is -0.467 e. The summed E-state index contributed by atoms with van der Waals surface area (Å²) < 4.78 is 5.23. The standard InChI is InChI=1S/C17H20N2O2/c1-19-9-8-13-5-2-3-7-15(13)16(19)11-17(20)18-12-14-6-4-10-21-14/h2-7,10,16H,8-9,11-12H2,1H3,(H,18,20). The van der Waals surface area contributed by atoms with Crippen molar-refractivity contribution in [1.29, 1.82) is 0 Å². The van der Waals surface area contributed by atoms with Crippen LogP contribution in [-0.4, -0.2) is 24.4 Å². The molecule has 1 aromatic heterocycles. The Kier molecular flexibility index (Phi) is 4.06. The zero-order valence-electron chi connectivity index (χ0n) is 12.2. The molecule has 1 amide bonds. The van der Waals surface area contributed by atoms with Gasteiger partial charge in [-0.25, -0.2) is 0 Å². The van der Waals surface area contributed by atoms with E-state index in [9.17, 15) is 4.79 Å². The van der Waals surface area contributed by atoms with E-state index in [-0.39, 0.29) is 11.9 Å². The summed E-state index contributed by atoms with van der Waals surface area (Å²) >= 11 is 0. The van der Waals surface area contributed by atoms with E-state index in [0.29, 0.717) is 13.0 Å². The molecule has 2 aromatic rings. The van der Waals surface area contributed by atoms with E-state index in [1.54, 1.807) is 6.26 Å². The van der Waals surface area contributed by atoms with Gasteiger partial charge in [0.15, 0.2) is 0 Å². The number of nitrogens with one attached hydrogen (secondary N) is 1. The summed E-state index contributed by atoms with van der Waals surface area (Å²) in [6.07, 6.45) is 3.15. The molecule has 0 fully saturated rings. The molecule has 4 nitrogen and oxygen atoms in total. The normalized spacial score (nSPS) is 18.2. The summed E-state index contributed by atoms with van der Waals surface area (Å²) in [7, 11) is 2.08. The van der Waals surface area contributed by atoms with Gasteiger partial charge in [-0.15, -0.1) is 0 Å². The molecular formula is C17H20N2O2. The van der Waals surface area contributed by atoms with Crippen molar-refractivity contribution >= 4 is 5.91 Å². The highest BCUT2D eigenvalue weighted by Gasteiger charge is 2.26. The van der Waals surface area contributed by atoms with E-state index < -0.39 is 0 Å². The van der Waals surface area contributed by atoms with E-state index in [1.165, 1.54) is 11.1 Å². The Hall–Kier alpha value is -2.07. The van der Waals surface area contributed by atoms with Crippen molar-refractivity contribution < 1.29 is 9.21 Å². The van der Waals surface area contributed by atoms with Crippen molar-refractivity contribution in [1.82, 2.24) is 10.2 Å². The number of hydrogen-bond acceptors (Lipinski definition) is 3. The second-order valence-corrected chi connectivity index (χ2v) is 5.51. The zero-order chi connectivity index (χ0) is 14.7. The van der Waals surface area contributed by atoms with Gasteiger partial charge in [0.25, 0.3) is 0 Å². The second kappa shape index (κ2) is 6.14. The SMILES string of the molecule is CN1CCc2ccccc2C1CC(=O)NCc1ccco1. The van der Waals surface area contributed by atoms with E-state index in [4.69, 9.17) is 4.42 Å². The molecule has 1 aromatic carbocycles. The van der Waals surface area contributed by atoms with Crippen LogP contribution >= 0.6 is 0 Å². The Morgan fingerprint density at radius 3 is 3.00 bits per heavy atom. The van der Waals surface area contributed by atoms with E-state index in [2.05, 4.69) is 35.5 Å². The predicted octanol–water partition coefficient (Wildman–Crippen LogP) is 2.52. The first-order chi connectivity index (χ1) is 10.2. The summed E-state index contributed by atoms with van der Waals surface area (Å²) in [4.78, 5) is 14.4. The highest BCUT2D eigenvalue weighted by atomic mass is 16.3. The number of hydrogen-bond donors (Lipinski definition) is 1. The first-order valence-corrected chi connectivity index (χ1v) is 7.31. The number of carbonyl (C=O) groups excluding carboxylic acids is 1. The van der Waals surface area contributed by atoms with Crippen molar-refractivity contribution in [2.45, 2.75) is 25.4 Å². The Labute approximate surface area is 124 Å². The summed E-state index contributed by atoms with van der Waals surface area (Å²) in [6.45, 7) is 1.44. The molecule has 1 unspecified atom stereocenters. The van der Waals surface area contributed by atoms with Crippen molar-refractivity contribution in [2.75, 3.05) is 13.6 Å². The highest BCUT2D eigenvalue weighted by Crippen LogP contribution is 2.30. The van der Waals surface area contributed by atoms with Crippen LogP contribution in [0.5, 0.6) is 0 Å². The molecular weight excluding hydrogens is 264 g/mol. The summed E-state index contributed by atoms with van der Waals surface area (Å²) in [5.41, 5.74) is 2.64. The van der Waals surface area contributed by atoms with Crippen LogP contribution in [0.3, 0.4) is 0 Å². The van der Waals surface area contributed by atoms with Crippen molar-refractivity contribution in [2.24, 2.45) is 0 Å². The van der Waals surface area contributed by atoms with Crippen LogP contribution in [-0.2, 0) is 17.8 Å². The Morgan fingerprint density at radius 1 is 1.33 bits per heavy atom. The van der Waals surface area contributed by atoms with Crippen LogP contribution in [0.25, 0.3) is 0 Å². The lowest BCUT2D eigenvalue weighted by molar-refractivity contribution is -0.122. The van der Waals surface area contributed by atoms with Gasteiger partial charge in [0.2, 0.25) is 5.91 Å². The number of nitrogens with zero attached hydrogens (tertiary/aromatic N) is 1. The minimum absolute atomic E-state index is 0.0555. The zero-order valence-corrected chi connectivity index (χ0v) is 12.2. The largest absolute Gasteiger partial charge is 0.467 e. The molecule has 0 spiro atoms. The van der Waals surface area contributed by atoms with Gasteiger partial charge in [-0.3, -0.25) is 9.69 Å². The third kappa shape index (κ3) is 3.16. The lowest BCUT2D eigenvalue weighted by atomic mass is 9.91. The predicted molar refractivity (Wildman–Crippen MR) is 80.7 cm³/mol. The molecule has 2 heterocycles. The number of amides is 1. The summed E-state index contributed by atoms with van der Waals surface area (Å²) in [5.74, 6) is 0.834. The molecule has 0 bridgehead atoms. The molecule has 1 aliphatic heterocycles. The smallest absolute Gasteiger partial charge is 0.222 e. The molecule has 1 atom stereocenters. The van der Waals surface area contributed by atoms with Crippen molar-refractivity contribution in [3.63, 3.8) is 0 Å². The lowest BCUT2D eigenvalue weighted by Crippen LogP contribution is -2.36. The van der Waals surface area contributed by atoms with Crippen LogP contribution in [0.4, 0.5) is 0 Å². The van der Waals surface area contributed by atoms with Crippen LogP contribution < -0.4 is 5.32 Å². The maximum Gasteiger partial charge on any atom is 0.222 e. The topological polar surface area (TPSA) is 45.5 Å². The lowest BCUT2D eigenvalue weighted by Gasteiger charge is -2.34. The van der Waals surface area contributed by atoms with Gasteiger partial charge in [0.1, 0.15) is 5.76 Å². The quantitative estimate of drug-likeness (QED) is 0.938. The summed E-state index contributed by atoms with van der Waals surface area (Å²) in [6, 6.07) is 12.3. The van der Waals surface area contributed by atoms with Crippen LogP contribution in [0.1, 0.15) is 29.3 Å². The third-order valence-electron chi connectivity index (χ3n) is 4.10. The fourth-order valence-corrected chi connectivity index (χ4v) is 2.89. The van der Waals surface area contributed by atoms with Gasteiger partial charge < -0.3 is 9.73 Å². The average molecular weight is 284 g/mol. The molecule has 1 aliphatic rings. The van der Waals surface area contributed by atoms with E-state index >= 15 is 0 Å². The number of furan rings is 1. The Balaban J connectivity index is 1.65. The van der Waals surface area contributed by atoms with Gasteiger partial charge in [0.05, 0.1) is 12.8 Å². The number of benzene rings is 1. The maximum absolute atomic E-state index is 12.2. The maximum atomic E-state index is 12.2. The molecule has 0 saturated heterocycles. The number of rotatable bonds is 4. The minimum atomic E-state index is 0.0555. The molecule has 0 aliphatic carbocycles. The van der Waals surface area contributed by atoms with Crippen LogP contribution in [0.2, 0.25) is 0 Å². The van der Waals surface area contributed by atoms with Gasteiger partial charge in [-0.2, -0.15) is 0 Å². The van der Waals surface area contributed by atoms with Crippen molar-refractivity contribution in [3.05, 3.63) is 59.5 Å². The van der Waals surface area contributed by atoms with Crippen LogP contribution in [0, 0.1) is 0 Å². The average Bonchev–Trinajstić information content (AvgIpc) is 3.01. The molecule has 0 radical (unpaired) electrons. The second-order valence-electron chi connectivity index (χ2n) is 5.51. The van der Waals surface area contributed by atoms with Gasteiger partial charge in [-0.1, -0.05) is 24.3 Å². The Morgan fingerprint density at radius 2 is 2.19 bits per heavy atom. The number of likely N-dealkylation sites (N-methyl/N-ethyl adjacent to an activating group) is 1. The molecule has 0 saturated carbocycles. The highest BCUT2D eigenvalue weighted by molar-refractivity contribution is 5.76. The first-order valence-electron chi connectivity index (χ1n) is 7.31. The van der Waals surface area contributed by atoms with E-state index in [1.807, 2.05) is 18.2 Å². The molecule has 1 N–H and O–H groups in total. The molecule has 4 heteroatoms. The summed E-state index contributed by atoms with van der Waals surface area (Å²) in [5, 5.41) is 2.92. The molecule has 110 valence electrons. The fourth-order valence-electron chi connectivity index (χ4n) is 2.89. The van der Waals surface area contributed by atoms with Gasteiger partial charge in [-0.05, 0) is 36.7 Å². The molecule has 21 heavy (non-hydrogen) atoms. The number of carbonyl (C=O) groups is 1. The van der Waals surface area contributed by atoms with E-state index in [0.717, 1.165) is 18.7 Å². The van der Waals surface area contributed by atoms with Crippen LogP contribution in [0.15, 0.2) is 47.1 Å². The molecule has 3 rings (SSSR count). The first kappa shape index (κ1) is 13.9. The van der Waals surface area contributed by atoms with Gasteiger partial charge >= 0.3 is 0 Å². The Bertz CT molecular complexity index is 607. The fraction of sp³-hybridized carbons (Fsp3) is 0.353. The van der Waals surface area contributed by atoms with Crippen molar-refractivity contribution in [3.8, 4) is 0 Å². The van der Waals surface area contributed by atoms with Gasteiger partial charge in [0, 0.05) is 19.0 Å². The monoisotopic (exact) mass is 284 g/mol. The third-order valence-corrected chi connectivity index (χ3v) is 4.10. The number of fused-ring (bicyclic) bond motifs is 1.